The first-order valence-corrected chi connectivity index (χ1v) is 12.5. The summed E-state index contributed by atoms with van der Waals surface area (Å²) in [7, 11) is -16.7. The van der Waals surface area contributed by atoms with Crippen molar-refractivity contribution in [2.24, 2.45) is 0 Å². The summed E-state index contributed by atoms with van der Waals surface area (Å²) in [6.07, 6.45) is -2.23. The molecule has 6 N–H and O–H groups in total. The van der Waals surface area contributed by atoms with Crippen LogP contribution in [0.15, 0.2) is 17.1 Å². The average molecular weight is 509 g/mol. The molecule has 0 saturated carbocycles. The van der Waals surface area contributed by atoms with Gasteiger partial charge in [0.25, 0.3) is 0 Å². The van der Waals surface area contributed by atoms with Crippen LogP contribution in [0.25, 0.3) is 0 Å². The molecule has 1 aromatic rings. The Morgan fingerprint density at radius 3 is 2.45 bits per heavy atom. The van der Waals surface area contributed by atoms with E-state index in [1.165, 1.54) is 12.3 Å². The Labute approximate surface area is 173 Å². The van der Waals surface area contributed by atoms with Crippen LogP contribution in [0.3, 0.4) is 0 Å². The van der Waals surface area contributed by atoms with Crippen LogP contribution in [0.2, 0.25) is 0 Å². The van der Waals surface area contributed by atoms with Gasteiger partial charge in [-0.15, -0.1) is 0 Å². The Morgan fingerprint density at radius 1 is 1.26 bits per heavy atom. The van der Waals surface area contributed by atoms with E-state index in [9.17, 15) is 28.2 Å². The maximum Gasteiger partial charge on any atom is 0.490 e. The molecule has 1 aliphatic heterocycles. The van der Waals surface area contributed by atoms with E-state index in [0.717, 1.165) is 11.5 Å². The van der Waals surface area contributed by atoms with Crippen molar-refractivity contribution < 1.29 is 60.7 Å². The molecule has 0 spiro atoms. The predicted molar refractivity (Wildman–Crippen MR) is 96.8 cm³/mol. The maximum absolute atomic E-state index is 12.0. The highest BCUT2D eigenvalue weighted by Crippen LogP contribution is 2.66. The van der Waals surface area contributed by atoms with E-state index in [1.807, 2.05) is 0 Å². The summed E-state index contributed by atoms with van der Waals surface area (Å²) in [4.78, 5) is 62.5. The Kier molecular flexibility index (Phi) is 7.95. The molecular formula is C11H18N3O14P3. The van der Waals surface area contributed by atoms with Gasteiger partial charge < -0.3 is 34.8 Å². The van der Waals surface area contributed by atoms with Crippen LogP contribution in [0.4, 0.5) is 5.82 Å². The highest BCUT2D eigenvalue weighted by atomic mass is 31.3. The molecule has 0 aromatic carbocycles. The van der Waals surface area contributed by atoms with E-state index in [0.29, 0.717) is 0 Å². The molecule has 1 aromatic heterocycles. The van der Waals surface area contributed by atoms with Crippen LogP contribution in [0, 0.1) is 0 Å². The molecule has 0 radical (unpaired) electrons. The number of phosphoric acid groups is 3. The third-order valence-electron chi connectivity index (χ3n) is 3.48. The first kappa shape index (κ1) is 25.8. The molecule has 5 atom stereocenters. The number of esters is 1. The first-order valence-electron chi connectivity index (χ1n) is 8.02. The molecule has 0 aliphatic carbocycles. The summed E-state index contributed by atoms with van der Waals surface area (Å²) in [6.45, 7) is 0.207. The van der Waals surface area contributed by atoms with Crippen molar-refractivity contribution in [3.8, 4) is 0 Å². The number of nitrogen functional groups attached to an aromatic ring is 1. The van der Waals surface area contributed by atoms with Crippen molar-refractivity contribution in [1.82, 2.24) is 9.55 Å². The lowest BCUT2D eigenvalue weighted by Gasteiger charge is -2.20. The van der Waals surface area contributed by atoms with Crippen molar-refractivity contribution in [1.29, 1.82) is 0 Å². The van der Waals surface area contributed by atoms with Crippen molar-refractivity contribution in [3.05, 3.63) is 22.7 Å². The number of carbonyl (C=O) groups is 1. The van der Waals surface area contributed by atoms with Gasteiger partial charge in [-0.1, -0.05) is 0 Å². The number of aromatic nitrogens is 2. The monoisotopic (exact) mass is 509 g/mol. The smallest absolute Gasteiger partial charge is 0.460 e. The number of anilines is 1. The van der Waals surface area contributed by atoms with Gasteiger partial charge in [0.15, 0.2) is 0 Å². The summed E-state index contributed by atoms with van der Waals surface area (Å²) >= 11 is 0. The number of rotatable bonds is 9. The number of hydrogen-bond donors (Lipinski definition) is 5. The van der Waals surface area contributed by atoms with Crippen LogP contribution in [0.5, 0.6) is 0 Å². The van der Waals surface area contributed by atoms with E-state index in [2.05, 4.69) is 18.1 Å². The first-order chi connectivity index (χ1) is 14.1. The normalized spacial score (nSPS) is 25.5. The number of carbonyl (C=O) groups excluding carboxylic acids is 1. The van der Waals surface area contributed by atoms with Gasteiger partial charge in [0.2, 0.25) is 0 Å². The van der Waals surface area contributed by atoms with Crippen LogP contribution in [-0.2, 0) is 41.1 Å². The fourth-order valence-corrected chi connectivity index (χ4v) is 5.50. The van der Waals surface area contributed by atoms with Gasteiger partial charge in [0.1, 0.15) is 24.3 Å². The van der Waals surface area contributed by atoms with Gasteiger partial charge in [0, 0.05) is 19.5 Å². The number of nitrogens with two attached hydrogens (primary N) is 1. The zero-order chi connectivity index (χ0) is 23.6. The van der Waals surface area contributed by atoms with Crippen LogP contribution >= 0.6 is 23.5 Å². The van der Waals surface area contributed by atoms with E-state index >= 15 is 0 Å². The molecular weight excluding hydrogens is 491 g/mol. The summed E-state index contributed by atoms with van der Waals surface area (Å²) in [5.41, 5.74) is 4.61. The average Bonchev–Trinajstić information content (AvgIpc) is 2.91. The highest BCUT2D eigenvalue weighted by Gasteiger charge is 2.44. The molecule has 1 fully saturated rings. The van der Waals surface area contributed by atoms with Crippen molar-refractivity contribution >= 4 is 35.3 Å². The highest BCUT2D eigenvalue weighted by molar-refractivity contribution is 7.66. The lowest BCUT2D eigenvalue weighted by Crippen LogP contribution is -2.30. The Morgan fingerprint density at radius 2 is 1.90 bits per heavy atom. The molecule has 0 amide bonds. The molecule has 176 valence electrons. The van der Waals surface area contributed by atoms with E-state index < -0.39 is 60.2 Å². The SMILES string of the molecule is CC(=O)O[C@H]1C[C@H](n2ccc(N)nc2=O)O[C@@H]1COP(=O)(O)OP(=O)(O)OP(=O)(O)O. The molecule has 20 heteroatoms. The number of ether oxygens (including phenoxy) is 2. The summed E-state index contributed by atoms with van der Waals surface area (Å²) in [6, 6.07) is 1.30. The van der Waals surface area contributed by atoms with Gasteiger partial charge in [0.05, 0.1) is 6.61 Å². The van der Waals surface area contributed by atoms with E-state index in [4.69, 9.17) is 29.9 Å². The zero-order valence-corrected chi connectivity index (χ0v) is 18.2. The minimum absolute atomic E-state index is 0.0556. The van der Waals surface area contributed by atoms with Gasteiger partial charge in [-0.3, -0.25) is 13.9 Å². The summed E-state index contributed by atoms with van der Waals surface area (Å²) in [5.74, 6) is -0.805. The van der Waals surface area contributed by atoms with Crippen molar-refractivity contribution in [2.75, 3.05) is 12.3 Å². The van der Waals surface area contributed by atoms with Crippen molar-refractivity contribution in [3.63, 3.8) is 0 Å². The Bertz CT molecular complexity index is 1020. The van der Waals surface area contributed by atoms with Crippen LogP contribution < -0.4 is 11.4 Å². The van der Waals surface area contributed by atoms with Crippen LogP contribution in [-0.4, -0.2) is 53.9 Å². The second-order valence-corrected chi connectivity index (χ2v) is 10.4. The molecule has 1 saturated heterocycles. The summed E-state index contributed by atoms with van der Waals surface area (Å²) < 4.78 is 57.0. The number of nitrogens with zero attached hydrogens (tertiary/aromatic N) is 2. The quantitative estimate of drug-likeness (QED) is 0.205. The zero-order valence-electron chi connectivity index (χ0n) is 15.5. The molecule has 31 heavy (non-hydrogen) atoms. The standard InChI is InChI=1S/C11H18N3O14P3/c1-6(15)25-7-4-10(14-3-2-9(12)13-11(14)16)26-8(7)5-24-30(20,21)28-31(22,23)27-29(17,18)19/h2-3,7-8,10H,4-5H2,1H3,(H,20,21)(H,22,23)(H2,12,13,16)(H2,17,18,19)/t7-,8+,10+/m0/s1. The van der Waals surface area contributed by atoms with Crippen LogP contribution in [0.1, 0.15) is 19.6 Å². The van der Waals surface area contributed by atoms with Gasteiger partial charge in [-0.25, -0.2) is 18.5 Å². The van der Waals surface area contributed by atoms with Crippen molar-refractivity contribution in [2.45, 2.75) is 31.8 Å². The lowest BCUT2D eigenvalue weighted by molar-refractivity contribution is -0.150. The minimum atomic E-state index is -5.70. The molecule has 2 unspecified atom stereocenters. The number of hydrogen-bond acceptors (Lipinski definition) is 12. The molecule has 2 rings (SSSR count). The second kappa shape index (κ2) is 9.57. The number of phosphoric ester groups is 1. The molecule has 2 heterocycles. The molecule has 17 nitrogen and oxygen atoms in total. The molecule has 1 aliphatic rings. The van der Waals surface area contributed by atoms with Gasteiger partial charge >= 0.3 is 35.1 Å². The summed E-state index contributed by atoms with van der Waals surface area (Å²) in [5, 5.41) is 0. The fourth-order valence-electron chi connectivity index (χ4n) is 2.47. The largest absolute Gasteiger partial charge is 0.490 e. The third-order valence-corrected chi connectivity index (χ3v) is 7.28. The Hall–Kier alpha value is -1.48. The predicted octanol–water partition coefficient (Wildman–Crippen LogP) is -0.612. The second-order valence-electron chi connectivity index (χ2n) is 5.94. The Balaban J connectivity index is 2.11. The third kappa shape index (κ3) is 8.18. The van der Waals surface area contributed by atoms with E-state index in [-0.39, 0.29) is 12.2 Å². The topological polar surface area (TPSA) is 256 Å². The lowest BCUT2D eigenvalue weighted by atomic mass is 10.2. The van der Waals surface area contributed by atoms with Gasteiger partial charge in [-0.2, -0.15) is 13.6 Å². The minimum Gasteiger partial charge on any atom is -0.460 e. The van der Waals surface area contributed by atoms with E-state index in [1.54, 1.807) is 0 Å². The maximum atomic E-state index is 12.0. The fraction of sp³-hybridized carbons (Fsp3) is 0.545. The van der Waals surface area contributed by atoms with Gasteiger partial charge in [-0.05, 0) is 6.07 Å². The molecule has 0 bridgehead atoms.